The third kappa shape index (κ3) is 6.48. The van der Waals surface area contributed by atoms with Gasteiger partial charge in [-0.2, -0.15) is 0 Å². The largest absolute Gasteiger partial charge is 0.493 e. The predicted octanol–water partition coefficient (Wildman–Crippen LogP) is 2.40. The van der Waals surface area contributed by atoms with Crippen molar-refractivity contribution in [3.05, 3.63) is 53.9 Å². The molecule has 1 aromatic carbocycles. The Balaban J connectivity index is 1.42. The van der Waals surface area contributed by atoms with Crippen molar-refractivity contribution < 1.29 is 9.47 Å². The van der Waals surface area contributed by atoms with Crippen LogP contribution in [0.15, 0.2) is 42.7 Å². The van der Waals surface area contributed by atoms with Crippen molar-refractivity contribution in [2.45, 2.75) is 19.6 Å². The molecule has 6 heteroatoms. The summed E-state index contributed by atoms with van der Waals surface area (Å²) >= 11 is 0. The molecule has 2 aromatic rings. The summed E-state index contributed by atoms with van der Waals surface area (Å²) in [6.45, 7) is 8.23. The smallest absolute Gasteiger partial charge is 0.161 e. The molecular formula is C22H32N4O2. The monoisotopic (exact) mass is 384 g/mol. The Hall–Kier alpha value is -2.15. The van der Waals surface area contributed by atoms with Crippen molar-refractivity contribution in [3.63, 3.8) is 0 Å². The number of ether oxygens (including phenoxy) is 2. The molecule has 0 spiro atoms. The molecule has 2 heterocycles. The van der Waals surface area contributed by atoms with Crippen molar-refractivity contribution in [1.29, 1.82) is 0 Å². The summed E-state index contributed by atoms with van der Waals surface area (Å²) in [6.07, 6.45) is 4.75. The van der Waals surface area contributed by atoms with E-state index in [1.807, 2.05) is 24.4 Å². The maximum atomic E-state index is 5.97. The Morgan fingerprint density at radius 1 is 1.07 bits per heavy atom. The highest BCUT2D eigenvalue weighted by atomic mass is 16.5. The van der Waals surface area contributed by atoms with E-state index in [4.69, 9.17) is 9.47 Å². The first-order valence-corrected chi connectivity index (χ1v) is 10.0. The number of pyridine rings is 1. The summed E-state index contributed by atoms with van der Waals surface area (Å²) in [5.74, 6) is 1.52. The van der Waals surface area contributed by atoms with E-state index in [1.54, 1.807) is 13.3 Å². The number of piperazine rings is 1. The van der Waals surface area contributed by atoms with Gasteiger partial charge in [-0.25, -0.2) is 0 Å². The van der Waals surface area contributed by atoms with E-state index in [9.17, 15) is 0 Å². The summed E-state index contributed by atoms with van der Waals surface area (Å²) in [7, 11) is 3.87. The summed E-state index contributed by atoms with van der Waals surface area (Å²) in [5.41, 5.74) is 2.23. The molecule has 152 valence electrons. The van der Waals surface area contributed by atoms with Crippen LogP contribution < -0.4 is 14.8 Å². The molecule has 1 saturated heterocycles. The van der Waals surface area contributed by atoms with Gasteiger partial charge >= 0.3 is 0 Å². The van der Waals surface area contributed by atoms with Crippen LogP contribution in [0.3, 0.4) is 0 Å². The van der Waals surface area contributed by atoms with Gasteiger partial charge in [0.05, 0.1) is 7.11 Å². The Labute approximate surface area is 168 Å². The second-order valence-electron chi connectivity index (χ2n) is 7.31. The molecule has 6 nitrogen and oxygen atoms in total. The third-order valence-electron chi connectivity index (χ3n) is 5.10. The van der Waals surface area contributed by atoms with Crippen LogP contribution in [0.1, 0.15) is 17.5 Å². The van der Waals surface area contributed by atoms with Gasteiger partial charge < -0.3 is 24.6 Å². The van der Waals surface area contributed by atoms with Crippen LogP contribution in [-0.4, -0.2) is 68.2 Å². The molecule has 0 saturated carbocycles. The van der Waals surface area contributed by atoms with Crippen LogP contribution in [0.25, 0.3) is 0 Å². The van der Waals surface area contributed by atoms with Gasteiger partial charge in [0.1, 0.15) is 6.61 Å². The molecule has 0 unspecified atom stereocenters. The maximum absolute atomic E-state index is 5.97. The van der Waals surface area contributed by atoms with Gasteiger partial charge in [-0.05, 0) is 50.3 Å². The molecule has 1 aliphatic rings. The number of likely N-dealkylation sites (N-methyl/N-ethyl adjacent to an activating group) is 1. The highest BCUT2D eigenvalue weighted by Crippen LogP contribution is 2.28. The summed E-state index contributed by atoms with van der Waals surface area (Å²) in [5, 5.41) is 3.55. The molecule has 1 aromatic heterocycles. The molecule has 0 aliphatic carbocycles. The lowest BCUT2D eigenvalue weighted by Crippen LogP contribution is -2.45. The standard InChI is InChI=1S/C22H32N4O2/c1-25-11-13-26(14-12-25)10-4-9-24-16-19-6-7-21(27-2)22(15-19)28-18-20-5-3-8-23-17-20/h3,5-8,15,17,24H,4,9-14,16,18H2,1-2H3. The molecule has 0 bridgehead atoms. The lowest BCUT2D eigenvalue weighted by Gasteiger charge is -2.32. The van der Waals surface area contributed by atoms with Gasteiger partial charge in [0.25, 0.3) is 0 Å². The quantitative estimate of drug-likeness (QED) is 0.635. The first-order valence-electron chi connectivity index (χ1n) is 10.0. The molecule has 1 fully saturated rings. The fraction of sp³-hybridized carbons (Fsp3) is 0.500. The van der Waals surface area contributed by atoms with Crippen LogP contribution in [0.5, 0.6) is 11.5 Å². The van der Waals surface area contributed by atoms with Gasteiger partial charge in [-0.1, -0.05) is 12.1 Å². The van der Waals surface area contributed by atoms with E-state index >= 15 is 0 Å². The number of aromatic nitrogens is 1. The first kappa shape index (κ1) is 20.6. The maximum Gasteiger partial charge on any atom is 0.161 e. The van der Waals surface area contributed by atoms with Gasteiger partial charge in [0, 0.05) is 50.7 Å². The van der Waals surface area contributed by atoms with Gasteiger partial charge in [0.2, 0.25) is 0 Å². The molecule has 1 N–H and O–H groups in total. The first-order chi connectivity index (χ1) is 13.7. The lowest BCUT2D eigenvalue weighted by molar-refractivity contribution is 0.153. The molecule has 28 heavy (non-hydrogen) atoms. The number of rotatable bonds is 10. The molecule has 1 aliphatic heterocycles. The SMILES string of the molecule is COc1ccc(CNCCCN2CCN(C)CC2)cc1OCc1cccnc1. The van der Waals surface area contributed by atoms with E-state index < -0.39 is 0 Å². The Morgan fingerprint density at radius 2 is 1.93 bits per heavy atom. The highest BCUT2D eigenvalue weighted by molar-refractivity contribution is 5.43. The van der Waals surface area contributed by atoms with Crippen LogP contribution in [0.4, 0.5) is 0 Å². The Morgan fingerprint density at radius 3 is 2.68 bits per heavy atom. The van der Waals surface area contributed by atoms with Gasteiger partial charge in [0.15, 0.2) is 11.5 Å². The number of hydrogen-bond donors (Lipinski definition) is 1. The fourth-order valence-electron chi connectivity index (χ4n) is 3.32. The minimum atomic E-state index is 0.478. The molecule has 0 amide bonds. The van der Waals surface area contributed by atoms with Gasteiger partial charge in [-0.15, -0.1) is 0 Å². The second-order valence-corrected chi connectivity index (χ2v) is 7.31. The summed E-state index contributed by atoms with van der Waals surface area (Å²) in [4.78, 5) is 9.08. The van der Waals surface area contributed by atoms with Crippen LogP contribution in [0, 0.1) is 0 Å². The van der Waals surface area contributed by atoms with Crippen molar-refractivity contribution in [2.75, 3.05) is 53.4 Å². The van der Waals surface area contributed by atoms with Crippen molar-refractivity contribution >= 4 is 0 Å². The van der Waals surface area contributed by atoms with Crippen molar-refractivity contribution in [2.24, 2.45) is 0 Å². The van der Waals surface area contributed by atoms with E-state index in [-0.39, 0.29) is 0 Å². The zero-order valence-electron chi connectivity index (χ0n) is 17.1. The number of nitrogens with zero attached hydrogens (tertiary/aromatic N) is 3. The average molecular weight is 385 g/mol. The number of nitrogens with one attached hydrogen (secondary N) is 1. The normalized spacial score (nSPS) is 15.5. The van der Waals surface area contributed by atoms with Crippen LogP contribution in [0.2, 0.25) is 0 Å². The van der Waals surface area contributed by atoms with E-state index in [0.717, 1.165) is 30.2 Å². The van der Waals surface area contributed by atoms with Crippen LogP contribution in [-0.2, 0) is 13.2 Å². The zero-order valence-corrected chi connectivity index (χ0v) is 17.1. The minimum absolute atomic E-state index is 0.478. The topological polar surface area (TPSA) is 49.9 Å². The van der Waals surface area contributed by atoms with Gasteiger partial charge in [-0.3, -0.25) is 4.98 Å². The average Bonchev–Trinajstić information content (AvgIpc) is 2.74. The minimum Gasteiger partial charge on any atom is -0.493 e. The van der Waals surface area contributed by atoms with E-state index in [1.165, 1.54) is 44.7 Å². The molecular weight excluding hydrogens is 352 g/mol. The molecule has 3 rings (SSSR count). The summed E-state index contributed by atoms with van der Waals surface area (Å²) < 4.78 is 11.4. The fourth-order valence-corrected chi connectivity index (χ4v) is 3.32. The Kier molecular flexibility index (Phi) is 8.08. The molecule has 0 radical (unpaired) electrons. The van der Waals surface area contributed by atoms with Crippen LogP contribution >= 0.6 is 0 Å². The Bertz CT molecular complexity index is 703. The summed E-state index contributed by atoms with van der Waals surface area (Å²) in [6, 6.07) is 10.0. The number of methoxy groups -OCH3 is 1. The van der Waals surface area contributed by atoms with Crippen molar-refractivity contribution in [1.82, 2.24) is 20.1 Å². The number of benzene rings is 1. The number of hydrogen-bond acceptors (Lipinski definition) is 6. The third-order valence-corrected chi connectivity index (χ3v) is 5.10. The highest BCUT2D eigenvalue weighted by Gasteiger charge is 2.12. The molecule has 0 atom stereocenters. The van der Waals surface area contributed by atoms with Crippen molar-refractivity contribution in [3.8, 4) is 11.5 Å². The zero-order chi connectivity index (χ0) is 19.6. The lowest BCUT2D eigenvalue weighted by atomic mass is 10.2. The second kappa shape index (κ2) is 11.0. The van der Waals surface area contributed by atoms with E-state index in [2.05, 4.69) is 39.3 Å². The van der Waals surface area contributed by atoms with E-state index in [0.29, 0.717) is 6.61 Å². The predicted molar refractivity (Wildman–Crippen MR) is 112 cm³/mol.